The van der Waals surface area contributed by atoms with Gasteiger partial charge in [0.2, 0.25) is 0 Å². The highest BCUT2D eigenvalue weighted by atomic mass is 127. The second-order valence-electron chi connectivity index (χ2n) is 5.32. The molecule has 6 heteroatoms. The van der Waals surface area contributed by atoms with Crippen molar-refractivity contribution in [2.75, 3.05) is 19.0 Å². The van der Waals surface area contributed by atoms with E-state index in [-0.39, 0.29) is 18.4 Å². The maximum Gasteiger partial charge on any atom is 0.262 e. The number of amides is 2. The fourth-order valence-electron chi connectivity index (χ4n) is 2.41. The highest BCUT2D eigenvalue weighted by Gasteiger charge is 2.24. The topological polar surface area (TPSA) is 58.6 Å². The Labute approximate surface area is 147 Å². The third-order valence-electron chi connectivity index (χ3n) is 3.56. The van der Waals surface area contributed by atoms with Crippen LogP contribution in [0.2, 0.25) is 0 Å². The highest BCUT2D eigenvalue weighted by Crippen LogP contribution is 2.25. The van der Waals surface area contributed by atoms with E-state index in [1.54, 1.807) is 24.1 Å². The van der Waals surface area contributed by atoms with Crippen LogP contribution in [0.4, 0.5) is 5.69 Å². The molecule has 0 radical (unpaired) electrons. The minimum absolute atomic E-state index is 0.0167. The van der Waals surface area contributed by atoms with Crippen LogP contribution in [-0.2, 0) is 11.3 Å². The first-order valence-corrected chi connectivity index (χ1v) is 8.17. The quantitative estimate of drug-likeness (QED) is 0.772. The van der Waals surface area contributed by atoms with E-state index in [9.17, 15) is 9.59 Å². The van der Waals surface area contributed by atoms with Gasteiger partial charge in [-0.2, -0.15) is 0 Å². The van der Waals surface area contributed by atoms with Gasteiger partial charge in [0, 0.05) is 28.4 Å². The average molecular weight is 422 g/mol. The number of rotatable bonds is 4. The number of carbonyl (C=O) groups excluding carboxylic acids is 2. The van der Waals surface area contributed by atoms with Gasteiger partial charge in [0.05, 0.1) is 0 Å². The summed E-state index contributed by atoms with van der Waals surface area (Å²) < 4.78 is 6.62. The van der Waals surface area contributed by atoms with Crippen molar-refractivity contribution < 1.29 is 14.3 Å². The maximum absolute atomic E-state index is 11.9. The van der Waals surface area contributed by atoms with Crippen LogP contribution in [-0.4, -0.2) is 30.4 Å². The SMILES string of the molecule is CN1Cc2cc(OCC(=O)Nc3ccc(I)cc3)ccc2C1=O. The summed E-state index contributed by atoms with van der Waals surface area (Å²) in [5.74, 6) is 0.382. The molecule has 0 saturated heterocycles. The lowest BCUT2D eigenvalue weighted by atomic mass is 10.1. The van der Waals surface area contributed by atoms with Gasteiger partial charge in [0.25, 0.3) is 11.8 Å². The van der Waals surface area contributed by atoms with Crippen LogP contribution in [0.5, 0.6) is 5.75 Å². The van der Waals surface area contributed by atoms with Crippen LogP contribution < -0.4 is 10.1 Å². The summed E-state index contributed by atoms with van der Waals surface area (Å²) in [6.45, 7) is 0.495. The van der Waals surface area contributed by atoms with Crippen molar-refractivity contribution in [3.05, 3.63) is 57.2 Å². The summed E-state index contributed by atoms with van der Waals surface area (Å²) in [6, 6.07) is 12.8. The van der Waals surface area contributed by atoms with E-state index < -0.39 is 0 Å². The molecular weight excluding hydrogens is 407 g/mol. The van der Waals surface area contributed by atoms with Gasteiger partial charge in [-0.15, -0.1) is 0 Å². The smallest absolute Gasteiger partial charge is 0.262 e. The van der Waals surface area contributed by atoms with E-state index in [4.69, 9.17) is 4.74 Å². The Morgan fingerprint density at radius 1 is 1.26 bits per heavy atom. The monoisotopic (exact) mass is 422 g/mol. The van der Waals surface area contributed by atoms with Gasteiger partial charge >= 0.3 is 0 Å². The molecule has 0 spiro atoms. The van der Waals surface area contributed by atoms with Crippen LogP contribution in [0.3, 0.4) is 0 Å². The molecule has 2 aromatic rings. The predicted molar refractivity (Wildman–Crippen MR) is 95.5 cm³/mol. The molecule has 2 amide bonds. The molecule has 0 bridgehead atoms. The Hall–Kier alpha value is -2.09. The fraction of sp³-hybridized carbons (Fsp3) is 0.176. The summed E-state index contributed by atoms with van der Waals surface area (Å²) in [5, 5.41) is 2.78. The summed E-state index contributed by atoms with van der Waals surface area (Å²) in [6.07, 6.45) is 0. The number of benzene rings is 2. The van der Waals surface area contributed by atoms with Crippen LogP contribution >= 0.6 is 22.6 Å². The van der Waals surface area contributed by atoms with E-state index in [0.29, 0.717) is 17.9 Å². The number of hydrogen-bond donors (Lipinski definition) is 1. The minimum Gasteiger partial charge on any atom is -0.484 e. The molecule has 1 aliphatic heterocycles. The number of carbonyl (C=O) groups is 2. The largest absolute Gasteiger partial charge is 0.484 e. The van der Waals surface area contributed by atoms with E-state index in [0.717, 1.165) is 14.8 Å². The fourth-order valence-corrected chi connectivity index (χ4v) is 2.77. The predicted octanol–water partition coefficient (Wildman–Crippen LogP) is 2.89. The lowest BCUT2D eigenvalue weighted by molar-refractivity contribution is -0.118. The molecule has 23 heavy (non-hydrogen) atoms. The van der Waals surface area contributed by atoms with Gasteiger partial charge in [0.1, 0.15) is 5.75 Å². The normalized spacial score (nSPS) is 13.0. The third-order valence-corrected chi connectivity index (χ3v) is 4.28. The van der Waals surface area contributed by atoms with Gasteiger partial charge < -0.3 is 15.0 Å². The lowest BCUT2D eigenvalue weighted by Crippen LogP contribution is -2.20. The molecule has 1 N–H and O–H groups in total. The Morgan fingerprint density at radius 2 is 2.00 bits per heavy atom. The molecular formula is C17H15IN2O3. The van der Waals surface area contributed by atoms with Crippen LogP contribution in [0.15, 0.2) is 42.5 Å². The van der Waals surface area contributed by atoms with E-state index in [1.807, 2.05) is 30.3 Å². The van der Waals surface area contributed by atoms with Crippen molar-refractivity contribution >= 4 is 40.1 Å². The van der Waals surface area contributed by atoms with Gasteiger partial charge in [-0.05, 0) is 70.6 Å². The van der Waals surface area contributed by atoms with Gasteiger partial charge in [-0.25, -0.2) is 0 Å². The van der Waals surface area contributed by atoms with E-state index >= 15 is 0 Å². The van der Waals surface area contributed by atoms with Gasteiger partial charge in [-0.1, -0.05) is 0 Å². The first-order valence-electron chi connectivity index (χ1n) is 7.09. The summed E-state index contributed by atoms with van der Waals surface area (Å²) in [4.78, 5) is 25.4. The summed E-state index contributed by atoms with van der Waals surface area (Å²) in [7, 11) is 1.76. The zero-order valence-corrected chi connectivity index (χ0v) is 14.7. The van der Waals surface area contributed by atoms with Crippen LogP contribution in [0.25, 0.3) is 0 Å². The zero-order valence-electron chi connectivity index (χ0n) is 12.5. The molecule has 0 atom stereocenters. The van der Waals surface area contributed by atoms with Crippen LogP contribution in [0.1, 0.15) is 15.9 Å². The molecule has 2 aromatic carbocycles. The van der Waals surface area contributed by atoms with Crippen molar-refractivity contribution in [2.24, 2.45) is 0 Å². The second-order valence-corrected chi connectivity index (χ2v) is 6.57. The molecule has 0 unspecified atom stereocenters. The van der Waals surface area contributed by atoms with Gasteiger partial charge in [0.15, 0.2) is 6.61 Å². The maximum atomic E-state index is 11.9. The Bertz CT molecular complexity index is 759. The number of ether oxygens (including phenoxy) is 1. The molecule has 0 aromatic heterocycles. The summed E-state index contributed by atoms with van der Waals surface area (Å²) in [5.41, 5.74) is 2.36. The first kappa shape index (κ1) is 15.8. The number of nitrogens with one attached hydrogen (secondary N) is 1. The third kappa shape index (κ3) is 3.64. The standard InChI is InChI=1S/C17H15IN2O3/c1-20-9-11-8-14(6-7-15(11)17(20)22)23-10-16(21)19-13-4-2-12(18)3-5-13/h2-8H,9-10H2,1H3,(H,19,21). The lowest BCUT2D eigenvalue weighted by Gasteiger charge is -2.08. The van der Waals surface area contributed by atoms with Gasteiger partial charge in [-0.3, -0.25) is 9.59 Å². The molecule has 1 heterocycles. The highest BCUT2D eigenvalue weighted by molar-refractivity contribution is 14.1. The second kappa shape index (κ2) is 6.57. The first-order chi connectivity index (χ1) is 11.0. The number of halogens is 1. The molecule has 118 valence electrons. The molecule has 3 rings (SSSR count). The van der Waals surface area contributed by atoms with Crippen LogP contribution in [0, 0.1) is 3.57 Å². The Balaban J connectivity index is 1.58. The molecule has 0 saturated carbocycles. The van der Waals surface area contributed by atoms with Crippen molar-refractivity contribution in [1.82, 2.24) is 4.90 Å². The minimum atomic E-state index is -0.222. The Morgan fingerprint density at radius 3 is 2.74 bits per heavy atom. The number of hydrogen-bond acceptors (Lipinski definition) is 3. The number of anilines is 1. The van der Waals surface area contributed by atoms with E-state index in [1.165, 1.54) is 0 Å². The summed E-state index contributed by atoms with van der Waals surface area (Å²) >= 11 is 2.21. The zero-order chi connectivity index (χ0) is 16.4. The van der Waals surface area contributed by atoms with Crippen molar-refractivity contribution in [2.45, 2.75) is 6.54 Å². The van der Waals surface area contributed by atoms with Crippen molar-refractivity contribution in [3.63, 3.8) is 0 Å². The molecule has 1 aliphatic rings. The molecule has 0 aliphatic carbocycles. The average Bonchev–Trinajstić information content (AvgIpc) is 2.82. The van der Waals surface area contributed by atoms with Crippen molar-refractivity contribution in [1.29, 1.82) is 0 Å². The Kier molecular flexibility index (Phi) is 4.51. The number of nitrogens with zero attached hydrogens (tertiary/aromatic N) is 1. The number of fused-ring (bicyclic) bond motifs is 1. The molecule has 5 nitrogen and oxygen atoms in total. The molecule has 0 fully saturated rings. The van der Waals surface area contributed by atoms with E-state index in [2.05, 4.69) is 27.9 Å². The van der Waals surface area contributed by atoms with Crippen molar-refractivity contribution in [3.8, 4) is 5.75 Å².